The van der Waals surface area contributed by atoms with Crippen LogP contribution in [0.25, 0.3) is 0 Å². The highest BCUT2D eigenvalue weighted by atomic mass is 32.2. The van der Waals surface area contributed by atoms with Gasteiger partial charge in [0, 0.05) is 13.1 Å². The Balaban J connectivity index is 2.58. The zero-order chi connectivity index (χ0) is 13.7. The Kier molecular flexibility index (Phi) is 5.87. The molecule has 18 heavy (non-hydrogen) atoms. The van der Waals surface area contributed by atoms with Gasteiger partial charge < -0.3 is 10.0 Å². The molecule has 0 saturated heterocycles. The number of carbonyl (C=O) groups is 1. The van der Waals surface area contributed by atoms with Crippen molar-refractivity contribution in [1.82, 2.24) is 10.2 Å². The number of anilines is 1. The van der Waals surface area contributed by atoms with Crippen LogP contribution in [0.2, 0.25) is 0 Å². The number of aliphatic carboxylic acids is 1. The Hall–Kier alpha value is -0.820. The molecule has 1 atom stereocenters. The SMILES string of the molecule is CC(C)CC(C)N(C)c1nnc(SCC(=O)O)s1. The fraction of sp³-hybridized carbons (Fsp3) is 0.727. The summed E-state index contributed by atoms with van der Waals surface area (Å²) < 4.78 is 0.705. The molecule has 0 amide bonds. The van der Waals surface area contributed by atoms with E-state index in [9.17, 15) is 4.79 Å². The van der Waals surface area contributed by atoms with E-state index < -0.39 is 5.97 Å². The lowest BCUT2D eigenvalue weighted by atomic mass is 10.0. The number of aromatic nitrogens is 2. The van der Waals surface area contributed by atoms with Gasteiger partial charge in [-0.15, -0.1) is 10.2 Å². The first kappa shape index (κ1) is 15.2. The van der Waals surface area contributed by atoms with Crippen molar-refractivity contribution < 1.29 is 9.90 Å². The van der Waals surface area contributed by atoms with Crippen LogP contribution < -0.4 is 4.90 Å². The van der Waals surface area contributed by atoms with Gasteiger partial charge in [-0.2, -0.15) is 0 Å². The second-order valence-corrected chi connectivity index (χ2v) is 6.80. The first-order valence-electron chi connectivity index (χ1n) is 5.81. The topological polar surface area (TPSA) is 66.3 Å². The van der Waals surface area contributed by atoms with Gasteiger partial charge in [0.25, 0.3) is 0 Å². The zero-order valence-electron chi connectivity index (χ0n) is 11.1. The summed E-state index contributed by atoms with van der Waals surface area (Å²) in [4.78, 5) is 12.6. The Bertz CT molecular complexity index is 395. The molecule has 1 unspecified atom stereocenters. The van der Waals surface area contributed by atoms with Crippen LogP contribution >= 0.6 is 23.1 Å². The largest absolute Gasteiger partial charge is 0.481 e. The van der Waals surface area contributed by atoms with Crippen molar-refractivity contribution in [2.75, 3.05) is 17.7 Å². The molecule has 0 spiro atoms. The van der Waals surface area contributed by atoms with Crippen molar-refractivity contribution in [2.45, 2.75) is 37.6 Å². The third kappa shape index (κ3) is 4.81. The molecule has 1 aromatic rings. The smallest absolute Gasteiger partial charge is 0.313 e. The molecule has 0 saturated carbocycles. The number of hydrogen-bond donors (Lipinski definition) is 1. The van der Waals surface area contributed by atoms with Crippen molar-refractivity contribution in [3.63, 3.8) is 0 Å². The molecule has 5 nitrogen and oxygen atoms in total. The second-order valence-electron chi connectivity index (χ2n) is 4.62. The fourth-order valence-electron chi connectivity index (χ4n) is 1.56. The lowest BCUT2D eigenvalue weighted by Gasteiger charge is -2.25. The molecule has 7 heteroatoms. The summed E-state index contributed by atoms with van der Waals surface area (Å²) in [6.07, 6.45) is 1.09. The van der Waals surface area contributed by atoms with Crippen LogP contribution in [0.1, 0.15) is 27.2 Å². The van der Waals surface area contributed by atoms with E-state index in [2.05, 4.69) is 35.9 Å². The van der Waals surface area contributed by atoms with Crippen LogP contribution in [0.3, 0.4) is 0 Å². The molecule has 1 N–H and O–H groups in total. The molecule has 0 aliphatic carbocycles. The predicted octanol–water partition coefficient (Wildman–Crippen LogP) is 2.59. The van der Waals surface area contributed by atoms with Gasteiger partial charge in [0.05, 0.1) is 5.75 Å². The van der Waals surface area contributed by atoms with E-state index in [4.69, 9.17) is 5.11 Å². The summed E-state index contributed by atoms with van der Waals surface area (Å²) in [5, 5.41) is 17.5. The predicted molar refractivity (Wildman–Crippen MR) is 75.6 cm³/mol. The number of hydrogen-bond acceptors (Lipinski definition) is 6. The maximum Gasteiger partial charge on any atom is 0.313 e. The lowest BCUT2D eigenvalue weighted by molar-refractivity contribution is -0.133. The van der Waals surface area contributed by atoms with E-state index in [1.807, 2.05) is 7.05 Å². The molecule has 1 aromatic heterocycles. The normalized spacial score (nSPS) is 12.7. The summed E-state index contributed by atoms with van der Waals surface area (Å²) in [5.74, 6) is -0.172. The lowest BCUT2D eigenvalue weighted by Crippen LogP contribution is -2.29. The molecule has 0 radical (unpaired) electrons. The summed E-state index contributed by atoms with van der Waals surface area (Å²) in [5.41, 5.74) is 0. The van der Waals surface area contributed by atoms with Crippen LogP contribution in [0.4, 0.5) is 5.13 Å². The Morgan fingerprint density at radius 2 is 2.11 bits per heavy atom. The van der Waals surface area contributed by atoms with Crippen molar-refractivity contribution in [2.24, 2.45) is 5.92 Å². The second kappa shape index (κ2) is 6.94. The average molecular weight is 289 g/mol. The minimum absolute atomic E-state index is 0.0277. The zero-order valence-corrected chi connectivity index (χ0v) is 12.7. The van der Waals surface area contributed by atoms with E-state index >= 15 is 0 Å². The third-order valence-corrected chi connectivity index (χ3v) is 4.62. The first-order valence-corrected chi connectivity index (χ1v) is 7.61. The fourth-order valence-corrected chi connectivity index (χ4v) is 3.18. The molecule has 0 aliphatic rings. The molecule has 102 valence electrons. The van der Waals surface area contributed by atoms with Crippen molar-refractivity contribution in [3.05, 3.63) is 0 Å². The third-order valence-electron chi connectivity index (χ3n) is 2.49. The van der Waals surface area contributed by atoms with Crippen LogP contribution in [0.15, 0.2) is 4.34 Å². The van der Waals surface area contributed by atoms with Crippen molar-refractivity contribution in [1.29, 1.82) is 0 Å². The van der Waals surface area contributed by atoms with Crippen LogP contribution in [0, 0.1) is 5.92 Å². The number of thioether (sulfide) groups is 1. The van der Waals surface area contributed by atoms with E-state index in [0.29, 0.717) is 16.3 Å². The molecule has 0 aliphatic heterocycles. The molecule has 1 rings (SSSR count). The van der Waals surface area contributed by atoms with Gasteiger partial charge in [0.1, 0.15) is 0 Å². The van der Waals surface area contributed by atoms with Crippen LogP contribution in [0.5, 0.6) is 0 Å². The minimum atomic E-state index is -0.835. The first-order chi connectivity index (χ1) is 8.40. The van der Waals surface area contributed by atoms with E-state index in [-0.39, 0.29) is 5.75 Å². The number of rotatable bonds is 7. The Labute approximate surface area is 116 Å². The van der Waals surface area contributed by atoms with Crippen LogP contribution in [-0.4, -0.2) is 40.1 Å². The molecular weight excluding hydrogens is 270 g/mol. The maximum atomic E-state index is 10.5. The number of nitrogens with zero attached hydrogens (tertiary/aromatic N) is 3. The highest BCUT2D eigenvalue weighted by Crippen LogP contribution is 2.29. The summed E-state index contributed by atoms with van der Waals surface area (Å²) in [6, 6.07) is 0.398. The van der Waals surface area contributed by atoms with Gasteiger partial charge in [-0.25, -0.2) is 0 Å². The monoisotopic (exact) mass is 289 g/mol. The van der Waals surface area contributed by atoms with E-state index in [0.717, 1.165) is 11.6 Å². The molecule has 1 heterocycles. The molecule has 0 bridgehead atoms. The van der Waals surface area contributed by atoms with Gasteiger partial charge >= 0.3 is 5.97 Å². The summed E-state index contributed by atoms with van der Waals surface area (Å²) in [6.45, 7) is 6.54. The van der Waals surface area contributed by atoms with Gasteiger partial charge in [0.2, 0.25) is 5.13 Å². The molecule has 0 fully saturated rings. The molecular formula is C11H19N3O2S2. The quantitative estimate of drug-likeness (QED) is 0.778. The highest BCUT2D eigenvalue weighted by molar-refractivity contribution is 8.01. The highest BCUT2D eigenvalue weighted by Gasteiger charge is 2.16. The van der Waals surface area contributed by atoms with E-state index in [1.165, 1.54) is 23.1 Å². The van der Waals surface area contributed by atoms with Gasteiger partial charge in [-0.1, -0.05) is 36.9 Å². The maximum absolute atomic E-state index is 10.5. The average Bonchev–Trinajstić information content (AvgIpc) is 2.72. The number of carboxylic acids is 1. The van der Waals surface area contributed by atoms with Crippen molar-refractivity contribution >= 4 is 34.2 Å². The standard InChI is InChI=1S/C11H19N3O2S2/c1-7(2)5-8(3)14(4)10-12-13-11(18-10)17-6-9(15)16/h7-8H,5-6H2,1-4H3,(H,15,16). The number of carboxylic acid groups (broad SMARTS) is 1. The Morgan fingerprint density at radius 1 is 1.44 bits per heavy atom. The minimum Gasteiger partial charge on any atom is -0.481 e. The molecule has 0 aromatic carbocycles. The van der Waals surface area contributed by atoms with Gasteiger partial charge in [-0.3, -0.25) is 4.79 Å². The van der Waals surface area contributed by atoms with Crippen molar-refractivity contribution in [3.8, 4) is 0 Å². The van der Waals surface area contributed by atoms with Crippen LogP contribution in [-0.2, 0) is 4.79 Å². The Morgan fingerprint density at radius 3 is 2.67 bits per heavy atom. The summed E-state index contributed by atoms with van der Waals surface area (Å²) in [7, 11) is 2.00. The summed E-state index contributed by atoms with van der Waals surface area (Å²) >= 11 is 2.65. The van der Waals surface area contributed by atoms with E-state index in [1.54, 1.807) is 0 Å². The van der Waals surface area contributed by atoms with Gasteiger partial charge in [0.15, 0.2) is 4.34 Å². The van der Waals surface area contributed by atoms with Gasteiger partial charge in [-0.05, 0) is 19.3 Å².